The lowest BCUT2D eigenvalue weighted by molar-refractivity contribution is -0.120. The van der Waals surface area contributed by atoms with Crippen LogP contribution >= 0.6 is 0 Å². The summed E-state index contributed by atoms with van der Waals surface area (Å²) in [7, 11) is 0. The molecule has 29 heavy (non-hydrogen) atoms. The van der Waals surface area contributed by atoms with Crippen LogP contribution in [0.5, 0.6) is 0 Å². The summed E-state index contributed by atoms with van der Waals surface area (Å²) < 4.78 is 13.2. The van der Waals surface area contributed by atoms with E-state index in [0.29, 0.717) is 5.69 Å². The molecule has 1 aliphatic rings. The molecule has 0 atom stereocenters. The number of benzene rings is 2. The molecule has 1 fully saturated rings. The number of nitrogens with two attached hydrogens (primary N) is 1. The fourth-order valence-corrected chi connectivity index (χ4v) is 3.46. The molecular weight excluding hydrogens is 371 g/mol. The van der Waals surface area contributed by atoms with Crippen LogP contribution in [0.3, 0.4) is 0 Å². The van der Waals surface area contributed by atoms with E-state index in [-0.39, 0.29) is 31.2 Å². The van der Waals surface area contributed by atoms with Crippen LogP contribution in [0.4, 0.5) is 10.1 Å². The quantitative estimate of drug-likeness (QED) is 0.737. The molecule has 0 aliphatic carbocycles. The molecule has 0 saturated carbocycles. The third-order valence-electron chi connectivity index (χ3n) is 5.09. The van der Waals surface area contributed by atoms with Crippen LogP contribution in [0, 0.1) is 5.82 Å². The molecule has 154 valence electrons. The number of piperazine rings is 1. The van der Waals surface area contributed by atoms with Crippen molar-refractivity contribution < 1.29 is 14.0 Å². The predicted octanol–water partition coefficient (Wildman–Crippen LogP) is 1.85. The summed E-state index contributed by atoms with van der Waals surface area (Å²) in [5, 5.41) is 0. The van der Waals surface area contributed by atoms with Gasteiger partial charge in [0.25, 0.3) is 0 Å². The van der Waals surface area contributed by atoms with E-state index < -0.39 is 5.91 Å². The van der Waals surface area contributed by atoms with Crippen molar-refractivity contribution >= 4 is 17.5 Å². The molecule has 0 radical (unpaired) electrons. The molecule has 2 N–H and O–H groups in total. The lowest BCUT2D eigenvalue weighted by Crippen LogP contribution is -2.50. The molecular formula is C22H27FN4O2. The Morgan fingerprint density at radius 1 is 0.931 bits per heavy atom. The molecule has 1 saturated heterocycles. The first-order valence-corrected chi connectivity index (χ1v) is 9.84. The van der Waals surface area contributed by atoms with Gasteiger partial charge in [-0.3, -0.25) is 19.4 Å². The smallest absolute Gasteiger partial charge is 0.241 e. The van der Waals surface area contributed by atoms with Gasteiger partial charge in [-0.25, -0.2) is 4.39 Å². The molecule has 0 unspecified atom stereocenters. The lowest BCUT2D eigenvalue weighted by atomic mass is 10.2. The number of hydrogen-bond donors (Lipinski definition) is 1. The second kappa shape index (κ2) is 10.1. The average molecular weight is 398 g/mol. The minimum absolute atomic E-state index is 0.0635. The minimum Gasteiger partial charge on any atom is -0.370 e. The molecule has 0 spiro atoms. The first-order chi connectivity index (χ1) is 14.0. The summed E-state index contributed by atoms with van der Waals surface area (Å²) in [4.78, 5) is 30.1. The van der Waals surface area contributed by atoms with E-state index >= 15 is 0 Å². The van der Waals surface area contributed by atoms with Crippen molar-refractivity contribution in [1.29, 1.82) is 0 Å². The largest absolute Gasteiger partial charge is 0.370 e. The SMILES string of the molecule is NC(=O)CCN(C(=O)CN1CCN(Cc2ccccc2)CC1)c1ccc(F)cc1. The fraction of sp³-hybridized carbons (Fsp3) is 0.364. The number of nitrogens with zero attached hydrogens (tertiary/aromatic N) is 3. The summed E-state index contributed by atoms with van der Waals surface area (Å²) in [6.07, 6.45) is 0.0635. The zero-order valence-electron chi connectivity index (χ0n) is 16.5. The van der Waals surface area contributed by atoms with Crippen molar-refractivity contribution in [1.82, 2.24) is 9.80 Å². The highest BCUT2D eigenvalue weighted by atomic mass is 19.1. The second-order valence-electron chi connectivity index (χ2n) is 7.28. The van der Waals surface area contributed by atoms with Crippen molar-refractivity contribution in [3.05, 3.63) is 66.0 Å². The van der Waals surface area contributed by atoms with Gasteiger partial charge in [0.15, 0.2) is 0 Å². The maximum atomic E-state index is 13.2. The maximum absolute atomic E-state index is 13.2. The Labute approximate surface area is 170 Å². The average Bonchev–Trinajstić information content (AvgIpc) is 2.71. The molecule has 2 aromatic carbocycles. The molecule has 6 nitrogen and oxygen atoms in total. The molecule has 1 heterocycles. The fourth-order valence-electron chi connectivity index (χ4n) is 3.46. The summed E-state index contributed by atoms with van der Waals surface area (Å²) in [5.41, 5.74) is 7.11. The van der Waals surface area contributed by atoms with Gasteiger partial charge in [0.1, 0.15) is 5.82 Å². The number of hydrogen-bond acceptors (Lipinski definition) is 4. The van der Waals surface area contributed by atoms with E-state index in [0.717, 1.165) is 32.7 Å². The third kappa shape index (κ3) is 6.37. The van der Waals surface area contributed by atoms with Gasteiger partial charge in [-0.2, -0.15) is 0 Å². The number of halogens is 1. The van der Waals surface area contributed by atoms with Gasteiger partial charge in [-0.15, -0.1) is 0 Å². The highest BCUT2D eigenvalue weighted by Crippen LogP contribution is 2.17. The van der Waals surface area contributed by atoms with E-state index in [9.17, 15) is 14.0 Å². The van der Waals surface area contributed by atoms with Gasteiger partial charge in [-0.05, 0) is 29.8 Å². The minimum atomic E-state index is -0.473. The van der Waals surface area contributed by atoms with Gasteiger partial charge in [0.05, 0.1) is 6.54 Å². The van der Waals surface area contributed by atoms with Crippen LogP contribution in [-0.2, 0) is 16.1 Å². The van der Waals surface area contributed by atoms with Crippen molar-refractivity contribution in [3.63, 3.8) is 0 Å². The Bertz CT molecular complexity index is 805. The standard InChI is InChI=1S/C22H27FN4O2/c23-19-6-8-20(9-7-19)27(11-10-21(24)28)22(29)17-26-14-12-25(13-15-26)16-18-4-2-1-3-5-18/h1-9H,10-17H2,(H2,24,28). The third-order valence-corrected chi connectivity index (χ3v) is 5.09. The van der Waals surface area contributed by atoms with E-state index in [1.54, 1.807) is 12.1 Å². The summed E-state index contributed by atoms with van der Waals surface area (Å²) in [6.45, 7) is 4.73. The molecule has 3 rings (SSSR count). The molecule has 0 bridgehead atoms. The first kappa shape index (κ1) is 21.0. The maximum Gasteiger partial charge on any atom is 0.241 e. The van der Waals surface area contributed by atoms with Gasteiger partial charge in [0.2, 0.25) is 11.8 Å². The molecule has 2 aromatic rings. The zero-order valence-corrected chi connectivity index (χ0v) is 16.5. The van der Waals surface area contributed by atoms with Crippen molar-refractivity contribution in [2.24, 2.45) is 5.73 Å². The number of carbonyl (C=O) groups excluding carboxylic acids is 2. The summed E-state index contributed by atoms with van der Waals surface area (Å²) >= 11 is 0. The van der Waals surface area contributed by atoms with Gasteiger partial charge in [-0.1, -0.05) is 30.3 Å². The normalized spacial score (nSPS) is 15.2. The van der Waals surface area contributed by atoms with Crippen LogP contribution in [0.2, 0.25) is 0 Å². The number of amides is 2. The first-order valence-electron chi connectivity index (χ1n) is 9.84. The highest BCUT2D eigenvalue weighted by Gasteiger charge is 2.23. The van der Waals surface area contributed by atoms with Crippen LogP contribution in [0.25, 0.3) is 0 Å². The number of anilines is 1. The Balaban J connectivity index is 1.55. The van der Waals surface area contributed by atoms with Crippen molar-refractivity contribution in [2.75, 3.05) is 44.2 Å². The van der Waals surface area contributed by atoms with Crippen LogP contribution < -0.4 is 10.6 Å². The van der Waals surface area contributed by atoms with Crippen molar-refractivity contribution in [2.45, 2.75) is 13.0 Å². The Hall–Kier alpha value is -2.77. The van der Waals surface area contributed by atoms with Crippen LogP contribution in [0.1, 0.15) is 12.0 Å². The zero-order chi connectivity index (χ0) is 20.6. The topological polar surface area (TPSA) is 69.9 Å². The van der Waals surface area contributed by atoms with Crippen molar-refractivity contribution in [3.8, 4) is 0 Å². The van der Waals surface area contributed by atoms with Gasteiger partial charge < -0.3 is 10.6 Å². The summed E-state index contributed by atoms with van der Waals surface area (Å²) in [5.74, 6) is -0.959. The number of primary amides is 1. The van der Waals surface area contributed by atoms with Gasteiger partial charge >= 0.3 is 0 Å². The summed E-state index contributed by atoms with van der Waals surface area (Å²) in [6, 6.07) is 16.0. The second-order valence-corrected chi connectivity index (χ2v) is 7.28. The molecule has 1 aliphatic heterocycles. The molecule has 0 aromatic heterocycles. The highest BCUT2D eigenvalue weighted by molar-refractivity contribution is 5.95. The van der Waals surface area contributed by atoms with E-state index in [2.05, 4.69) is 21.9 Å². The Kier molecular flexibility index (Phi) is 7.32. The Morgan fingerprint density at radius 3 is 2.17 bits per heavy atom. The van der Waals surface area contributed by atoms with E-state index in [1.807, 2.05) is 18.2 Å². The Morgan fingerprint density at radius 2 is 1.55 bits per heavy atom. The van der Waals surface area contributed by atoms with E-state index in [4.69, 9.17) is 5.73 Å². The molecule has 7 heteroatoms. The predicted molar refractivity (Wildman–Crippen MR) is 111 cm³/mol. The number of carbonyl (C=O) groups is 2. The lowest BCUT2D eigenvalue weighted by Gasteiger charge is -2.35. The monoisotopic (exact) mass is 398 g/mol. The number of rotatable bonds is 8. The molecule has 2 amide bonds. The van der Waals surface area contributed by atoms with Crippen LogP contribution in [0.15, 0.2) is 54.6 Å². The van der Waals surface area contributed by atoms with Crippen LogP contribution in [-0.4, -0.2) is 60.9 Å². The van der Waals surface area contributed by atoms with E-state index in [1.165, 1.54) is 22.6 Å². The van der Waals surface area contributed by atoms with Gasteiger partial charge in [0, 0.05) is 51.4 Å².